The van der Waals surface area contributed by atoms with Crippen molar-refractivity contribution in [2.75, 3.05) is 13.2 Å². The van der Waals surface area contributed by atoms with Crippen LogP contribution in [0.3, 0.4) is 0 Å². The maximum atomic E-state index is 13.1. The molecule has 4 atom stereocenters. The molecule has 1 aliphatic rings. The highest BCUT2D eigenvalue weighted by atomic mass is 16.6. The Morgan fingerprint density at radius 2 is 1.41 bits per heavy atom. The van der Waals surface area contributed by atoms with E-state index in [0.29, 0.717) is 25.3 Å². The number of hydroxylamine groups is 1. The molecule has 3 aromatic rings. The van der Waals surface area contributed by atoms with Crippen LogP contribution in [-0.2, 0) is 52.9 Å². The highest BCUT2D eigenvalue weighted by Gasteiger charge is 2.51. The summed E-state index contributed by atoms with van der Waals surface area (Å²) >= 11 is 0. The van der Waals surface area contributed by atoms with E-state index in [9.17, 15) is 24.0 Å². The largest absolute Gasteiger partial charge is 0.489 e. The molecule has 13 nitrogen and oxygen atoms in total. The van der Waals surface area contributed by atoms with Crippen LogP contribution in [0.25, 0.3) is 0 Å². The van der Waals surface area contributed by atoms with Gasteiger partial charge in [0.25, 0.3) is 11.8 Å². The van der Waals surface area contributed by atoms with Crippen molar-refractivity contribution in [3.63, 3.8) is 0 Å². The zero-order valence-corrected chi connectivity index (χ0v) is 27.3. The van der Waals surface area contributed by atoms with Crippen molar-refractivity contribution in [1.82, 2.24) is 21.4 Å². The van der Waals surface area contributed by atoms with E-state index in [0.717, 1.165) is 16.7 Å². The Morgan fingerprint density at radius 3 is 2.02 bits per heavy atom. The summed E-state index contributed by atoms with van der Waals surface area (Å²) < 4.78 is 16.4. The Hall–Kier alpha value is -5.27. The second kappa shape index (κ2) is 18.9. The van der Waals surface area contributed by atoms with Crippen molar-refractivity contribution in [3.05, 3.63) is 102 Å². The van der Waals surface area contributed by atoms with Crippen LogP contribution in [0.15, 0.2) is 84.9 Å². The summed E-state index contributed by atoms with van der Waals surface area (Å²) in [6, 6.07) is 24.3. The van der Waals surface area contributed by atoms with Crippen molar-refractivity contribution < 1.29 is 43.4 Å². The minimum atomic E-state index is -1.18. The smallest absolute Gasteiger partial charge is 0.328 e. The maximum Gasteiger partial charge on any atom is 0.328 e. The van der Waals surface area contributed by atoms with Gasteiger partial charge in [0.1, 0.15) is 24.4 Å². The summed E-state index contributed by atoms with van der Waals surface area (Å²) in [5, 5.41) is 16.8. The molecule has 0 radical (unpaired) electrons. The summed E-state index contributed by atoms with van der Waals surface area (Å²) in [6.07, 6.45) is -1.43. The summed E-state index contributed by atoms with van der Waals surface area (Å²) in [7, 11) is 0. The second-order valence-electron chi connectivity index (χ2n) is 11.4. The number of amides is 4. The normalized spacial score (nSPS) is 16.0. The first-order chi connectivity index (χ1) is 23.8. The first-order valence-electron chi connectivity index (χ1n) is 16.2. The molecule has 0 spiro atoms. The third-order valence-electron chi connectivity index (χ3n) is 7.72. The van der Waals surface area contributed by atoms with Crippen molar-refractivity contribution >= 4 is 29.6 Å². The molecule has 49 heavy (non-hydrogen) atoms. The van der Waals surface area contributed by atoms with Crippen LogP contribution in [0.2, 0.25) is 0 Å². The molecule has 0 aliphatic carbocycles. The highest BCUT2D eigenvalue weighted by molar-refractivity contribution is 5.98. The number of carbonyl (C=O) groups excluding carboxylic acids is 5. The molecule has 260 valence electrons. The molecule has 1 aliphatic heterocycles. The van der Waals surface area contributed by atoms with Gasteiger partial charge in [-0.2, -0.15) is 0 Å². The lowest BCUT2D eigenvalue weighted by Gasteiger charge is -2.18. The van der Waals surface area contributed by atoms with E-state index in [2.05, 4.69) is 16.0 Å². The zero-order valence-electron chi connectivity index (χ0n) is 27.3. The number of rotatable bonds is 19. The molecule has 4 amide bonds. The molecule has 1 heterocycles. The van der Waals surface area contributed by atoms with Gasteiger partial charge < -0.3 is 30.2 Å². The van der Waals surface area contributed by atoms with Gasteiger partial charge in [0.05, 0.1) is 6.61 Å². The van der Waals surface area contributed by atoms with Gasteiger partial charge in [-0.3, -0.25) is 24.4 Å². The van der Waals surface area contributed by atoms with E-state index in [-0.39, 0.29) is 32.3 Å². The molecular formula is C36H42N4O9. The minimum Gasteiger partial charge on any atom is -0.489 e. The first kappa shape index (κ1) is 36.6. The molecule has 3 aromatic carbocycles. The molecule has 0 aromatic heterocycles. The lowest BCUT2D eigenvalue weighted by Crippen LogP contribution is -2.49. The third kappa shape index (κ3) is 12.0. The van der Waals surface area contributed by atoms with E-state index in [1.807, 2.05) is 60.7 Å². The lowest BCUT2D eigenvalue weighted by atomic mass is 10.1. The zero-order chi connectivity index (χ0) is 35.0. The van der Waals surface area contributed by atoms with Crippen LogP contribution < -0.4 is 26.2 Å². The third-order valence-corrected chi connectivity index (χ3v) is 7.72. The fourth-order valence-electron chi connectivity index (χ4n) is 5.04. The van der Waals surface area contributed by atoms with Gasteiger partial charge in [-0.05, 0) is 55.0 Å². The Morgan fingerprint density at radius 1 is 0.796 bits per heavy atom. The van der Waals surface area contributed by atoms with E-state index in [1.54, 1.807) is 31.2 Å². The Labute approximate surface area is 284 Å². The fourth-order valence-corrected chi connectivity index (χ4v) is 5.04. The maximum absolute atomic E-state index is 13.1. The van der Waals surface area contributed by atoms with Gasteiger partial charge in [0.15, 0.2) is 12.2 Å². The van der Waals surface area contributed by atoms with E-state index in [1.165, 1.54) is 5.48 Å². The van der Waals surface area contributed by atoms with Crippen molar-refractivity contribution in [3.8, 4) is 5.75 Å². The van der Waals surface area contributed by atoms with Gasteiger partial charge >= 0.3 is 5.97 Å². The molecule has 1 saturated heterocycles. The van der Waals surface area contributed by atoms with Crippen LogP contribution in [0.5, 0.6) is 5.75 Å². The second-order valence-corrected chi connectivity index (χ2v) is 11.4. The van der Waals surface area contributed by atoms with Crippen molar-refractivity contribution in [2.45, 2.75) is 69.9 Å². The number of epoxide rings is 1. The summed E-state index contributed by atoms with van der Waals surface area (Å²) in [5.41, 5.74) is 4.33. The van der Waals surface area contributed by atoms with Crippen LogP contribution in [0.4, 0.5) is 0 Å². The van der Waals surface area contributed by atoms with Gasteiger partial charge in [0.2, 0.25) is 11.8 Å². The number of nitrogens with one attached hydrogen (secondary N) is 4. The number of benzene rings is 3. The molecule has 0 saturated carbocycles. The quantitative estimate of drug-likeness (QED) is 0.0550. The number of hydrogen-bond donors (Lipinski definition) is 5. The summed E-state index contributed by atoms with van der Waals surface area (Å²) in [5.74, 6) is -2.45. The van der Waals surface area contributed by atoms with E-state index >= 15 is 0 Å². The predicted molar refractivity (Wildman–Crippen MR) is 177 cm³/mol. The summed E-state index contributed by atoms with van der Waals surface area (Å²) in [4.78, 5) is 63.4. The Bertz CT molecular complexity index is 1540. The Balaban J connectivity index is 1.30. The number of ether oxygens (including phenoxy) is 3. The first-order valence-corrected chi connectivity index (χ1v) is 16.2. The fraction of sp³-hybridized carbons (Fsp3) is 0.361. The Kier molecular flexibility index (Phi) is 14.1. The standard InChI is InChI=1S/C36H42N4O9/c1-2-47-36(45)29(22-25-16-18-27(19-17-25)48-23-26-12-7-4-8-13-26)39-35(44)32-31(49-32)34(43)38-28(14-9-15-30(41)40-46)33(42)37-21-20-24-10-5-3-6-11-24/h3-8,10-13,16-19,28-29,31-32,46H,2,9,14-15,20-23H2,1H3,(H,37,42)(H,38,43)(H,39,44)(H,40,41)/t28-,29-,31-,32-/m0/s1. The molecule has 13 heteroatoms. The molecule has 5 N–H and O–H groups in total. The van der Waals surface area contributed by atoms with Gasteiger partial charge in [0, 0.05) is 19.4 Å². The minimum absolute atomic E-state index is 0.0657. The predicted octanol–water partition coefficient (Wildman–Crippen LogP) is 2.14. The van der Waals surface area contributed by atoms with Gasteiger partial charge in [-0.15, -0.1) is 0 Å². The van der Waals surface area contributed by atoms with E-state index < -0.39 is 53.9 Å². The van der Waals surface area contributed by atoms with Crippen molar-refractivity contribution in [1.29, 1.82) is 0 Å². The highest BCUT2D eigenvalue weighted by Crippen LogP contribution is 2.24. The van der Waals surface area contributed by atoms with Gasteiger partial charge in [-0.25, -0.2) is 10.3 Å². The van der Waals surface area contributed by atoms with E-state index in [4.69, 9.17) is 19.4 Å². The SMILES string of the molecule is CCOC(=O)[C@H](Cc1ccc(OCc2ccccc2)cc1)NC(=O)[C@H]1O[C@@H]1C(=O)N[C@@H](CCCC(=O)NO)C(=O)NCCc1ccccc1. The van der Waals surface area contributed by atoms with Crippen LogP contribution in [0, 0.1) is 0 Å². The summed E-state index contributed by atoms with van der Waals surface area (Å²) in [6.45, 7) is 2.48. The molecular weight excluding hydrogens is 632 g/mol. The van der Waals surface area contributed by atoms with Gasteiger partial charge in [-0.1, -0.05) is 72.8 Å². The average Bonchev–Trinajstić information content (AvgIpc) is 3.93. The van der Waals surface area contributed by atoms with Crippen LogP contribution in [-0.4, -0.2) is 72.2 Å². The van der Waals surface area contributed by atoms with Crippen LogP contribution in [0.1, 0.15) is 42.9 Å². The number of carbonyl (C=O) groups is 5. The van der Waals surface area contributed by atoms with Crippen molar-refractivity contribution in [2.24, 2.45) is 0 Å². The molecule has 4 rings (SSSR count). The lowest BCUT2D eigenvalue weighted by molar-refractivity contribution is -0.147. The molecule has 1 fully saturated rings. The average molecular weight is 675 g/mol. The molecule has 0 bridgehead atoms. The topological polar surface area (TPSA) is 185 Å². The monoisotopic (exact) mass is 674 g/mol. The molecule has 0 unspecified atom stereocenters. The number of hydrogen-bond acceptors (Lipinski definition) is 9. The van der Waals surface area contributed by atoms with Crippen LogP contribution >= 0.6 is 0 Å². The number of esters is 1.